The van der Waals surface area contributed by atoms with Crippen molar-refractivity contribution in [3.8, 4) is 11.5 Å². The minimum Gasteiger partial charge on any atom is -0.495 e. The van der Waals surface area contributed by atoms with Gasteiger partial charge in [0.15, 0.2) is 5.72 Å². The molecule has 1 aromatic heterocycles. The van der Waals surface area contributed by atoms with Crippen LogP contribution >= 0.6 is 0 Å². The second-order valence-corrected chi connectivity index (χ2v) is 7.81. The molecule has 0 radical (unpaired) electrons. The molecule has 0 aliphatic carbocycles. The van der Waals surface area contributed by atoms with Crippen molar-refractivity contribution in [2.75, 3.05) is 12.4 Å². The second kappa shape index (κ2) is 6.05. The molecule has 5 heteroatoms. The van der Waals surface area contributed by atoms with Crippen molar-refractivity contribution >= 4 is 16.7 Å². The molecule has 5 nitrogen and oxygen atoms in total. The zero-order valence-corrected chi connectivity index (χ0v) is 16.0. The Hall–Kier alpha value is -2.95. The Labute approximate surface area is 157 Å². The van der Waals surface area contributed by atoms with E-state index >= 15 is 0 Å². The molecule has 3 aromatic rings. The van der Waals surface area contributed by atoms with E-state index in [1.807, 2.05) is 63.2 Å². The number of hydrogen-bond donors (Lipinski definition) is 1. The van der Waals surface area contributed by atoms with Crippen molar-refractivity contribution in [2.24, 2.45) is 0 Å². The lowest BCUT2D eigenvalue weighted by atomic mass is 9.76. The summed E-state index contributed by atoms with van der Waals surface area (Å²) >= 11 is 0. The lowest BCUT2D eigenvalue weighted by Crippen LogP contribution is -2.51. The first kappa shape index (κ1) is 17.5. The van der Waals surface area contributed by atoms with Gasteiger partial charge in [-0.25, -0.2) is 4.79 Å². The van der Waals surface area contributed by atoms with Gasteiger partial charge in [-0.2, -0.15) is 0 Å². The van der Waals surface area contributed by atoms with Crippen LogP contribution in [-0.2, 0) is 5.41 Å². The number of methoxy groups -OCH3 is 1. The van der Waals surface area contributed by atoms with Gasteiger partial charge in [-0.3, -0.25) is 0 Å². The number of rotatable bonds is 3. The van der Waals surface area contributed by atoms with Gasteiger partial charge in [-0.15, -0.1) is 0 Å². The average Bonchev–Trinajstić information content (AvgIpc) is 2.60. The van der Waals surface area contributed by atoms with Crippen LogP contribution in [0.25, 0.3) is 11.0 Å². The molecular formula is C22H23NO4. The third kappa shape index (κ3) is 2.93. The average molecular weight is 365 g/mol. The summed E-state index contributed by atoms with van der Waals surface area (Å²) in [6.07, 6.45) is 0.591. The summed E-state index contributed by atoms with van der Waals surface area (Å²) in [5, 5.41) is 4.28. The predicted molar refractivity (Wildman–Crippen MR) is 106 cm³/mol. The Bertz CT molecular complexity index is 1070. The van der Waals surface area contributed by atoms with Gasteiger partial charge in [-0.1, -0.05) is 38.1 Å². The first-order chi connectivity index (χ1) is 12.8. The van der Waals surface area contributed by atoms with Crippen LogP contribution in [0.3, 0.4) is 0 Å². The summed E-state index contributed by atoms with van der Waals surface area (Å²) in [5.74, 6) is 1.33. The molecule has 1 N–H and O–H groups in total. The van der Waals surface area contributed by atoms with E-state index in [-0.39, 0.29) is 5.63 Å². The SMILES string of the molecule is COc1ccccc1NC1(C)CC(C)(C)c2c(c3ccccc3oc2=O)O1. The van der Waals surface area contributed by atoms with E-state index in [0.29, 0.717) is 23.3 Å². The highest BCUT2D eigenvalue weighted by atomic mass is 16.5. The minimum atomic E-state index is -0.721. The van der Waals surface area contributed by atoms with Crippen molar-refractivity contribution in [1.29, 1.82) is 0 Å². The largest absolute Gasteiger partial charge is 0.495 e. The number of ether oxygens (including phenoxy) is 2. The summed E-state index contributed by atoms with van der Waals surface area (Å²) in [6, 6.07) is 15.2. The predicted octanol–water partition coefficient (Wildman–Crippen LogP) is 4.69. The summed E-state index contributed by atoms with van der Waals surface area (Å²) in [4.78, 5) is 12.7. The topological polar surface area (TPSA) is 60.7 Å². The monoisotopic (exact) mass is 365 g/mol. The van der Waals surface area contributed by atoms with Gasteiger partial charge in [0, 0.05) is 11.8 Å². The molecular weight excluding hydrogens is 342 g/mol. The number of nitrogens with one attached hydrogen (secondary N) is 1. The number of fused-ring (bicyclic) bond motifs is 3. The molecule has 0 bridgehead atoms. The molecule has 1 unspecified atom stereocenters. The van der Waals surface area contributed by atoms with E-state index < -0.39 is 11.1 Å². The number of hydrogen-bond acceptors (Lipinski definition) is 5. The lowest BCUT2D eigenvalue weighted by Gasteiger charge is -2.44. The summed E-state index contributed by atoms with van der Waals surface area (Å²) in [5.41, 5.74) is 0.463. The molecule has 0 amide bonds. The van der Waals surface area contributed by atoms with E-state index in [1.165, 1.54) is 0 Å². The molecule has 2 heterocycles. The molecule has 1 aliphatic rings. The zero-order chi connectivity index (χ0) is 19.2. The quantitative estimate of drug-likeness (QED) is 0.682. The molecule has 0 saturated carbocycles. The highest BCUT2D eigenvalue weighted by Crippen LogP contribution is 2.46. The molecule has 27 heavy (non-hydrogen) atoms. The maximum Gasteiger partial charge on any atom is 0.343 e. The minimum absolute atomic E-state index is 0.340. The molecule has 1 aliphatic heterocycles. The van der Waals surface area contributed by atoms with E-state index in [2.05, 4.69) is 5.32 Å². The third-order valence-corrected chi connectivity index (χ3v) is 5.05. The van der Waals surface area contributed by atoms with Crippen LogP contribution in [0.4, 0.5) is 5.69 Å². The van der Waals surface area contributed by atoms with Gasteiger partial charge in [0.25, 0.3) is 0 Å². The summed E-state index contributed by atoms with van der Waals surface area (Å²) < 4.78 is 17.4. The lowest BCUT2D eigenvalue weighted by molar-refractivity contribution is 0.0613. The maximum atomic E-state index is 12.7. The van der Waals surface area contributed by atoms with Gasteiger partial charge < -0.3 is 19.2 Å². The Kier molecular flexibility index (Phi) is 3.91. The van der Waals surface area contributed by atoms with Gasteiger partial charge >= 0.3 is 5.63 Å². The van der Waals surface area contributed by atoms with Crippen molar-refractivity contribution in [3.63, 3.8) is 0 Å². The molecule has 140 valence electrons. The van der Waals surface area contributed by atoms with Crippen molar-refractivity contribution in [3.05, 3.63) is 64.5 Å². The van der Waals surface area contributed by atoms with Crippen LogP contribution in [0.5, 0.6) is 11.5 Å². The molecule has 1 atom stereocenters. The van der Waals surface area contributed by atoms with Crippen LogP contribution in [0, 0.1) is 0 Å². The van der Waals surface area contributed by atoms with Crippen LogP contribution in [0.15, 0.2) is 57.7 Å². The van der Waals surface area contributed by atoms with Crippen LogP contribution in [0.2, 0.25) is 0 Å². The van der Waals surface area contributed by atoms with E-state index in [0.717, 1.165) is 16.8 Å². The molecule has 0 spiro atoms. The maximum absolute atomic E-state index is 12.7. The standard InChI is InChI=1S/C22H23NO4/c1-21(2)13-22(3,23-15-10-6-8-12-17(15)25-4)27-19-14-9-5-7-11-16(14)26-20(24)18(19)21/h5-12,23H,13H2,1-4H3. The smallest absolute Gasteiger partial charge is 0.343 e. The molecule has 0 fully saturated rings. The highest BCUT2D eigenvalue weighted by Gasteiger charge is 2.45. The highest BCUT2D eigenvalue weighted by molar-refractivity contribution is 5.85. The van der Waals surface area contributed by atoms with Gasteiger partial charge in [0.1, 0.15) is 17.1 Å². The van der Waals surface area contributed by atoms with Crippen molar-refractivity contribution in [2.45, 2.75) is 38.3 Å². The fraction of sp³-hybridized carbons (Fsp3) is 0.318. The Morgan fingerprint density at radius 3 is 2.52 bits per heavy atom. The fourth-order valence-corrected chi connectivity index (χ4v) is 4.11. The van der Waals surface area contributed by atoms with Gasteiger partial charge in [0.2, 0.25) is 0 Å². The fourth-order valence-electron chi connectivity index (χ4n) is 4.11. The summed E-state index contributed by atoms with van der Waals surface area (Å²) in [7, 11) is 1.64. The second-order valence-electron chi connectivity index (χ2n) is 7.81. The zero-order valence-electron chi connectivity index (χ0n) is 16.0. The Morgan fingerprint density at radius 2 is 1.74 bits per heavy atom. The van der Waals surface area contributed by atoms with Crippen molar-refractivity contribution in [1.82, 2.24) is 0 Å². The van der Waals surface area contributed by atoms with Gasteiger partial charge in [0.05, 0.1) is 23.7 Å². The number of benzene rings is 2. The first-order valence-corrected chi connectivity index (χ1v) is 8.99. The van der Waals surface area contributed by atoms with Crippen LogP contribution in [0.1, 0.15) is 32.8 Å². The Balaban J connectivity index is 1.86. The Morgan fingerprint density at radius 1 is 1.04 bits per heavy atom. The number of para-hydroxylation sites is 3. The van der Waals surface area contributed by atoms with E-state index in [1.54, 1.807) is 13.2 Å². The van der Waals surface area contributed by atoms with E-state index in [4.69, 9.17) is 13.9 Å². The number of anilines is 1. The summed E-state index contributed by atoms with van der Waals surface area (Å²) in [6.45, 7) is 6.08. The normalized spacial score (nSPS) is 20.6. The van der Waals surface area contributed by atoms with Gasteiger partial charge in [-0.05, 0) is 31.2 Å². The molecule has 0 saturated heterocycles. The molecule has 2 aromatic carbocycles. The first-order valence-electron chi connectivity index (χ1n) is 8.99. The third-order valence-electron chi connectivity index (χ3n) is 5.05. The molecule has 4 rings (SSSR count). The van der Waals surface area contributed by atoms with Crippen LogP contribution in [-0.4, -0.2) is 12.8 Å². The van der Waals surface area contributed by atoms with Crippen LogP contribution < -0.4 is 20.4 Å². The van der Waals surface area contributed by atoms with E-state index in [9.17, 15) is 4.79 Å². The van der Waals surface area contributed by atoms with Crippen molar-refractivity contribution < 1.29 is 13.9 Å².